The molecular formula is C25H34Cl2N8O3. The molecule has 13 heteroatoms. The Kier molecular flexibility index (Phi) is 8.06. The molecule has 0 radical (unpaired) electrons. The molecule has 2 unspecified atom stereocenters. The third-order valence-corrected chi connectivity index (χ3v) is 7.84. The van der Waals surface area contributed by atoms with Crippen LogP contribution in [0.15, 0.2) is 35.3 Å². The average Bonchev–Trinajstić information content (AvgIpc) is 3.24. The minimum atomic E-state index is -0.953. The average molecular weight is 566 g/mol. The fourth-order valence-electron chi connectivity index (χ4n) is 5.22. The van der Waals surface area contributed by atoms with Gasteiger partial charge in [0.2, 0.25) is 5.91 Å². The first-order valence-corrected chi connectivity index (χ1v) is 12.9. The lowest BCUT2D eigenvalue weighted by molar-refractivity contribution is -0.137. The van der Waals surface area contributed by atoms with Crippen LogP contribution in [0, 0.1) is 11.8 Å². The number of piperidine rings is 1. The number of nitrogens with zero attached hydrogens (tertiary/aromatic N) is 5. The summed E-state index contributed by atoms with van der Waals surface area (Å²) in [5.41, 5.74) is 12.0. The van der Waals surface area contributed by atoms with Gasteiger partial charge in [-0.15, -0.1) is 12.4 Å². The van der Waals surface area contributed by atoms with Gasteiger partial charge in [-0.1, -0.05) is 17.7 Å². The predicted molar refractivity (Wildman–Crippen MR) is 148 cm³/mol. The van der Waals surface area contributed by atoms with Crippen LogP contribution >= 0.6 is 24.0 Å². The maximum Gasteiger partial charge on any atom is 0.354 e. The Morgan fingerprint density at radius 1 is 1.11 bits per heavy atom. The van der Waals surface area contributed by atoms with Crippen molar-refractivity contribution in [3.05, 3.63) is 51.5 Å². The zero-order valence-corrected chi connectivity index (χ0v) is 23.0. The Morgan fingerprint density at radius 2 is 1.74 bits per heavy atom. The number of anilines is 1. The summed E-state index contributed by atoms with van der Waals surface area (Å²) in [6.07, 6.45) is 1.56. The summed E-state index contributed by atoms with van der Waals surface area (Å²) >= 11 is 6.55. The Labute approximate surface area is 232 Å². The van der Waals surface area contributed by atoms with Crippen molar-refractivity contribution in [3.63, 3.8) is 0 Å². The van der Waals surface area contributed by atoms with Crippen molar-refractivity contribution in [2.75, 3.05) is 44.6 Å². The highest BCUT2D eigenvalue weighted by molar-refractivity contribution is 6.31. The molecule has 2 atom stereocenters. The zero-order chi connectivity index (χ0) is 26.5. The second kappa shape index (κ2) is 10.8. The van der Waals surface area contributed by atoms with Crippen molar-refractivity contribution in [1.82, 2.24) is 24.3 Å². The Balaban J connectivity index is 0.00000336. The van der Waals surface area contributed by atoms with Gasteiger partial charge in [0.15, 0.2) is 0 Å². The molecule has 3 aliphatic rings. The molecule has 38 heavy (non-hydrogen) atoms. The fourth-order valence-corrected chi connectivity index (χ4v) is 5.46. The van der Waals surface area contributed by atoms with Crippen LogP contribution in [0.2, 0.25) is 5.02 Å². The lowest BCUT2D eigenvalue weighted by Crippen LogP contribution is -2.58. The number of piperazine rings is 1. The monoisotopic (exact) mass is 564 g/mol. The number of benzene rings is 1. The Bertz CT molecular complexity index is 1260. The lowest BCUT2D eigenvalue weighted by atomic mass is 10.1. The molecule has 5 N–H and O–H groups in total. The van der Waals surface area contributed by atoms with Crippen molar-refractivity contribution in [2.45, 2.75) is 32.0 Å². The Hall–Kier alpha value is -2.70. The van der Waals surface area contributed by atoms with Crippen LogP contribution in [0.4, 0.5) is 10.6 Å². The zero-order valence-electron chi connectivity index (χ0n) is 21.5. The summed E-state index contributed by atoms with van der Waals surface area (Å²) in [6.45, 7) is 7.59. The van der Waals surface area contributed by atoms with Crippen molar-refractivity contribution in [1.29, 1.82) is 0 Å². The number of likely N-dealkylation sites (tertiary alicyclic amines) is 1. The summed E-state index contributed by atoms with van der Waals surface area (Å²) in [5, 5.41) is 3.26. The summed E-state index contributed by atoms with van der Waals surface area (Å²) in [7, 11) is 0. The molecule has 3 fully saturated rings. The number of urea groups is 1. The summed E-state index contributed by atoms with van der Waals surface area (Å²) < 4.78 is 1.38. The first-order valence-electron chi connectivity index (χ1n) is 12.5. The molecule has 2 saturated heterocycles. The molecule has 3 heterocycles. The largest absolute Gasteiger partial charge is 0.354 e. The van der Waals surface area contributed by atoms with E-state index < -0.39 is 11.2 Å². The fraction of sp³-hybridized carbons (Fsp3) is 0.520. The van der Waals surface area contributed by atoms with Gasteiger partial charge in [0.25, 0.3) is 0 Å². The third-order valence-electron chi connectivity index (χ3n) is 7.49. The number of hydrogen-bond donors (Lipinski definition) is 3. The summed E-state index contributed by atoms with van der Waals surface area (Å²) in [6, 6.07) is 7.07. The van der Waals surface area contributed by atoms with Gasteiger partial charge >= 0.3 is 11.7 Å². The molecule has 1 aliphatic carbocycles. The van der Waals surface area contributed by atoms with E-state index in [1.807, 2.05) is 12.1 Å². The topological polar surface area (TPSA) is 143 Å². The normalized spacial score (nSPS) is 23.0. The number of nitrogens with two attached hydrogens (primary N) is 2. The number of carbonyl (C=O) groups excluding carboxylic acids is 2. The number of aromatic nitrogens is 2. The number of hydrogen-bond acceptors (Lipinski definition) is 7. The van der Waals surface area contributed by atoms with Crippen LogP contribution < -0.4 is 22.5 Å². The van der Waals surface area contributed by atoms with E-state index in [1.54, 1.807) is 42.0 Å². The quantitative estimate of drug-likeness (QED) is 0.493. The molecular weight excluding hydrogens is 531 g/mol. The van der Waals surface area contributed by atoms with Gasteiger partial charge in [0.05, 0.1) is 11.2 Å². The van der Waals surface area contributed by atoms with E-state index in [0.29, 0.717) is 54.8 Å². The summed E-state index contributed by atoms with van der Waals surface area (Å²) in [4.78, 5) is 47.4. The molecule has 1 aromatic carbocycles. The van der Waals surface area contributed by atoms with E-state index in [1.165, 1.54) is 4.57 Å². The van der Waals surface area contributed by atoms with E-state index in [4.69, 9.17) is 23.1 Å². The summed E-state index contributed by atoms with van der Waals surface area (Å²) in [5.74, 6) is 1.22. The van der Waals surface area contributed by atoms with Crippen molar-refractivity contribution < 1.29 is 9.59 Å². The van der Waals surface area contributed by atoms with E-state index >= 15 is 0 Å². The van der Waals surface area contributed by atoms with Gasteiger partial charge < -0.3 is 21.3 Å². The molecule has 2 aromatic rings. The van der Waals surface area contributed by atoms with Gasteiger partial charge in [0.1, 0.15) is 5.82 Å². The highest BCUT2D eigenvalue weighted by Crippen LogP contribution is 2.44. The van der Waals surface area contributed by atoms with Gasteiger partial charge in [-0.05, 0) is 49.4 Å². The highest BCUT2D eigenvalue weighted by Gasteiger charge is 2.53. The molecule has 3 amide bonds. The van der Waals surface area contributed by atoms with Gasteiger partial charge in [-0.3, -0.25) is 19.6 Å². The first kappa shape index (κ1) is 28.3. The van der Waals surface area contributed by atoms with Crippen LogP contribution in [0.3, 0.4) is 0 Å². The van der Waals surface area contributed by atoms with Crippen molar-refractivity contribution in [3.8, 4) is 5.69 Å². The number of nitrogens with one attached hydrogen (secondary N) is 1. The standard InChI is InChI=1S/C25H33ClN8O3.ClH/c1-25(2,28)22(35)32-7-9-33(10-8-32)23(36)29-20-5-6-34(24(37)30-20)16-4-3-15(19(26)11-16)12-31-13-17-18(14-31)21(17)27;/h3-6,11,17-18,21H,7-10,12-14,27-28H2,1-2H3,(H,29,30,36,37);1H. The van der Waals surface area contributed by atoms with E-state index in [-0.39, 0.29) is 30.2 Å². The van der Waals surface area contributed by atoms with Crippen molar-refractivity contribution in [2.24, 2.45) is 23.3 Å². The minimum Gasteiger partial charge on any atom is -0.338 e. The van der Waals surface area contributed by atoms with E-state index in [9.17, 15) is 14.4 Å². The second-order valence-electron chi connectivity index (χ2n) is 10.8. The van der Waals surface area contributed by atoms with Crippen LogP contribution in [0.1, 0.15) is 19.4 Å². The lowest BCUT2D eigenvalue weighted by Gasteiger charge is -2.37. The third kappa shape index (κ3) is 5.81. The smallest absolute Gasteiger partial charge is 0.338 e. The number of carbonyl (C=O) groups is 2. The number of halogens is 2. The van der Waals surface area contributed by atoms with Crippen LogP contribution in [-0.2, 0) is 11.3 Å². The number of rotatable bonds is 5. The molecule has 1 aromatic heterocycles. The molecule has 1 saturated carbocycles. The SMILES string of the molecule is CC(C)(N)C(=O)N1CCN(C(=O)Nc2ccn(-c3ccc(CN4CC5C(N)C5C4)c(Cl)c3)c(=O)n2)CC1.Cl. The first-order chi connectivity index (χ1) is 17.5. The molecule has 0 spiro atoms. The van der Waals surface area contributed by atoms with E-state index in [0.717, 1.165) is 25.2 Å². The second-order valence-corrected chi connectivity index (χ2v) is 11.2. The maximum atomic E-state index is 12.7. The van der Waals surface area contributed by atoms with Gasteiger partial charge in [-0.25, -0.2) is 9.59 Å². The van der Waals surface area contributed by atoms with E-state index in [2.05, 4.69) is 15.2 Å². The van der Waals surface area contributed by atoms with Crippen LogP contribution in [0.5, 0.6) is 0 Å². The van der Waals surface area contributed by atoms with Crippen LogP contribution in [-0.4, -0.2) is 87.0 Å². The molecule has 2 aliphatic heterocycles. The van der Waals surface area contributed by atoms with Crippen LogP contribution in [0.25, 0.3) is 5.69 Å². The minimum absolute atomic E-state index is 0. The molecule has 206 valence electrons. The maximum absolute atomic E-state index is 12.7. The number of fused-ring (bicyclic) bond motifs is 1. The predicted octanol–water partition coefficient (Wildman–Crippen LogP) is 1.11. The Morgan fingerprint density at radius 3 is 2.32 bits per heavy atom. The molecule has 5 rings (SSSR count). The molecule has 11 nitrogen and oxygen atoms in total. The number of amides is 3. The van der Waals surface area contributed by atoms with Gasteiger partial charge in [-0.2, -0.15) is 4.98 Å². The van der Waals surface area contributed by atoms with Gasteiger partial charge in [0, 0.05) is 63.1 Å². The van der Waals surface area contributed by atoms with Crippen molar-refractivity contribution >= 4 is 41.8 Å². The molecule has 0 bridgehead atoms. The highest BCUT2D eigenvalue weighted by atomic mass is 35.5.